The lowest BCUT2D eigenvalue weighted by Crippen LogP contribution is -2.18. The first kappa shape index (κ1) is 12.6. The highest BCUT2D eigenvalue weighted by atomic mass is 35.5. The third-order valence-electron chi connectivity index (χ3n) is 4.06. The van der Waals surface area contributed by atoms with Gasteiger partial charge in [-0.3, -0.25) is 0 Å². The summed E-state index contributed by atoms with van der Waals surface area (Å²) in [7, 11) is 0. The van der Waals surface area contributed by atoms with E-state index in [1.54, 1.807) is 0 Å². The Kier molecular flexibility index (Phi) is 2.82. The number of anilines is 1. The molecule has 1 aliphatic carbocycles. The Balaban J connectivity index is 1.97. The van der Waals surface area contributed by atoms with Crippen LogP contribution in [0.4, 0.5) is 5.82 Å². The summed E-state index contributed by atoms with van der Waals surface area (Å²) in [6.07, 6.45) is 5.02. The molecule has 1 aromatic carbocycles. The van der Waals surface area contributed by atoms with Gasteiger partial charge in [0.25, 0.3) is 0 Å². The van der Waals surface area contributed by atoms with Crippen molar-refractivity contribution in [3.05, 3.63) is 35.6 Å². The first-order chi connectivity index (χ1) is 10.2. The van der Waals surface area contributed by atoms with Crippen LogP contribution in [-0.4, -0.2) is 19.7 Å². The molecular weight excluding hydrogens is 286 g/mol. The second-order valence-electron chi connectivity index (χ2n) is 5.34. The summed E-state index contributed by atoms with van der Waals surface area (Å²) in [4.78, 5) is 8.51. The highest BCUT2D eigenvalue weighted by molar-refractivity contribution is 6.30. The van der Waals surface area contributed by atoms with E-state index in [0.717, 1.165) is 35.1 Å². The number of rotatable bonds is 2. The summed E-state index contributed by atoms with van der Waals surface area (Å²) in [6.45, 7) is 0. The van der Waals surface area contributed by atoms with Crippen LogP contribution in [0, 0.1) is 0 Å². The molecular formula is C15H14ClN5. The average Bonchev–Trinajstić information content (AvgIpc) is 2.79. The van der Waals surface area contributed by atoms with E-state index in [0.29, 0.717) is 16.9 Å². The summed E-state index contributed by atoms with van der Waals surface area (Å²) in [5, 5.41) is 6.29. The predicted octanol–water partition coefficient (Wildman–Crippen LogP) is 3.45. The zero-order chi connectivity index (χ0) is 14.4. The van der Waals surface area contributed by atoms with Gasteiger partial charge in [0, 0.05) is 10.6 Å². The maximum atomic E-state index is 6.07. The SMILES string of the molecule is Nc1ncnc2c1c(-c1ccc(Cl)cc1)nn2C1CCC1. The number of aromatic nitrogens is 4. The van der Waals surface area contributed by atoms with Crippen LogP contribution in [0.15, 0.2) is 30.6 Å². The van der Waals surface area contributed by atoms with Gasteiger partial charge in [0.2, 0.25) is 0 Å². The van der Waals surface area contributed by atoms with Crippen LogP contribution >= 0.6 is 11.6 Å². The molecule has 1 aliphatic rings. The van der Waals surface area contributed by atoms with Crippen molar-refractivity contribution in [2.75, 3.05) is 5.73 Å². The van der Waals surface area contributed by atoms with Gasteiger partial charge in [-0.25, -0.2) is 14.6 Å². The van der Waals surface area contributed by atoms with E-state index in [2.05, 4.69) is 9.97 Å². The van der Waals surface area contributed by atoms with Crippen molar-refractivity contribution in [3.63, 3.8) is 0 Å². The Morgan fingerprint density at radius 3 is 2.57 bits per heavy atom. The third kappa shape index (κ3) is 1.96. The molecule has 6 heteroatoms. The third-order valence-corrected chi connectivity index (χ3v) is 4.31. The van der Waals surface area contributed by atoms with Crippen molar-refractivity contribution < 1.29 is 0 Å². The maximum Gasteiger partial charge on any atom is 0.164 e. The fourth-order valence-corrected chi connectivity index (χ4v) is 2.82. The summed E-state index contributed by atoms with van der Waals surface area (Å²) in [5.74, 6) is 0.468. The Morgan fingerprint density at radius 2 is 1.90 bits per heavy atom. The van der Waals surface area contributed by atoms with E-state index < -0.39 is 0 Å². The van der Waals surface area contributed by atoms with Gasteiger partial charge in [0.15, 0.2) is 5.65 Å². The minimum Gasteiger partial charge on any atom is -0.383 e. The molecule has 1 saturated carbocycles. The molecule has 3 aromatic rings. The van der Waals surface area contributed by atoms with Crippen LogP contribution < -0.4 is 5.73 Å². The van der Waals surface area contributed by atoms with Gasteiger partial charge in [-0.05, 0) is 31.4 Å². The fourth-order valence-electron chi connectivity index (χ4n) is 2.69. The van der Waals surface area contributed by atoms with Gasteiger partial charge in [0.1, 0.15) is 17.8 Å². The van der Waals surface area contributed by atoms with Crippen molar-refractivity contribution in [2.45, 2.75) is 25.3 Å². The van der Waals surface area contributed by atoms with Crippen molar-refractivity contribution in [2.24, 2.45) is 0 Å². The summed E-state index contributed by atoms with van der Waals surface area (Å²) < 4.78 is 2.00. The quantitative estimate of drug-likeness (QED) is 0.787. The fraction of sp³-hybridized carbons (Fsp3) is 0.267. The molecule has 0 aliphatic heterocycles. The number of benzene rings is 1. The Hall–Kier alpha value is -2.14. The van der Waals surface area contributed by atoms with E-state index in [1.165, 1.54) is 12.7 Å². The minimum absolute atomic E-state index is 0.419. The number of nitrogens with zero attached hydrogens (tertiary/aromatic N) is 4. The largest absolute Gasteiger partial charge is 0.383 e. The van der Waals surface area contributed by atoms with Crippen molar-refractivity contribution >= 4 is 28.5 Å². The molecule has 106 valence electrons. The molecule has 2 heterocycles. The van der Waals surface area contributed by atoms with Gasteiger partial charge in [0.05, 0.1) is 11.4 Å². The molecule has 0 amide bonds. The highest BCUT2D eigenvalue weighted by Gasteiger charge is 2.25. The van der Waals surface area contributed by atoms with Crippen molar-refractivity contribution in [1.82, 2.24) is 19.7 Å². The summed E-state index contributed by atoms with van der Waals surface area (Å²) in [5.41, 5.74) is 8.69. The van der Waals surface area contributed by atoms with Gasteiger partial charge in [-0.1, -0.05) is 23.7 Å². The number of nitrogens with two attached hydrogens (primary N) is 1. The number of nitrogen functional groups attached to an aromatic ring is 1. The Labute approximate surface area is 126 Å². The number of fused-ring (bicyclic) bond motifs is 1. The first-order valence-electron chi connectivity index (χ1n) is 6.98. The molecule has 0 atom stereocenters. The highest BCUT2D eigenvalue weighted by Crippen LogP contribution is 2.37. The first-order valence-corrected chi connectivity index (χ1v) is 7.36. The molecule has 0 bridgehead atoms. The number of hydrogen-bond acceptors (Lipinski definition) is 4. The molecule has 0 unspecified atom stereocenters. The minimum atomic E-state index is 0.419. The van der Waals surface area contributed by atoms with Crippen LogP contribution in [0.25, 0.3) is 22.3 Å². The molecule has 2 aromatic heterocycles. The van der Waals surface area contributed by atoms with E-state index in [9.17, 15) is 0 Å². The second-order valence-corrected chi connectivity index (χ2v) is 5.78. The van der Waals surface area contributed by atoms with Crippen LogP contribution in [0.2, 0.25) is 5.02 Å². The molecule has 0 spiro atoms. The zero-order valence-electron chi connectivity index (χ0n) is 11.3. The number of halogens is 1. The molecule has 1 fully saturated rings. The number of hydrogen-bond donors (Lipinski definition) is 1. The topological polar surface area (TPSA) is 69.6 Å². The average molecular weight is 300 g/mol. The smallest absolute Gasteiger partial charge is 0.164 e. The zero-order valence-corrected chi connectivity index (χ0v) is 12.1. The lowest BCUT2D eigenvalue weighted by Gasteiger charge is -2.25. The Bertz CT molecular complexity index is 805. The molecule has 5 nitrogen and oxygen atoms in total. The van der Waals surface area contributed by atoms with Crippen LogP contribution in [0.3, 0.4) is 0 Å². The normalized spacial score (nSPS) is 15.3. The molecule has 2 N–H and O–H groups in total. The summed E-state index contributed by atoms with van der Waals surface area (Å²) in [6, 6.07) is 8.02. The van der Waals surface area contributed by atoms with Crippen molar-refractivity contribution in [3.8, 4) is 11.3 Å². The Morgan fingerprint density at radius 1 is 1.14 bits per heavy atom. The van der Waals surface area contributed by atoms with Gasteiger partial charge >= 0.3 is 0 Å². The second kappa shape index (κ2) is 4.70. The van der Waals surface area contributed by atoms with Crippen LogP contribution in [0.5, 0.6) is 0 Å². The maximum absolute atomic E-state index is 6.07. The molecule has 0 saturated heterocycles. The lowest BCUT2D eigenvalue weighted by atomic mass is 9.93. The lowest BCUT2D eigenvalue weighted by molar-refractivity contribution is 0.296. The predicted molar refractivity (Wildman–Crippen MR) is 83.1 cm³/mol. The van der Waals surface area contributed by atoms with E-state index >= 15 is 0 Å². The van der Waals surface area contributed by atoms with E-state index in [1.807, 2.05) is 28.9 Å². The summed E-state index contributed by atoms with van der Waals surface area (Å²) >= 11 is 5.96. The van der Waals surface area contributed by atoms with E-state index in [4.69, 9.17) is 22.4 Å². The van der Waals surface area contributed by atoms with Gasteiger partial charge in [-0.15, -0.1) is 0 Å². The molecule has 4 rings (SSSR count). The van der Waals surface area contributed by atoms with Crippen LogP contribution in [-0.2, 0) is 0 Å². The monoisotopic (exact) mass is 299 g/mol. The van der Waals surface area contributed by atoms with Gasteiger partial charge in [-0.2, -0.15) is 5.10 Å². The standard InChI is InChI=1S/C15H14ClN5/c16-10-6-4-9(5-7-10)13-12-14(17)18-8-19-15(12)21(20-13)11-2-1-3-11/h4-8,11H,1-3H2,(H2,17,18,19). The molecule has 0 radical (unpaired) electrons. The van der Waals surface area contributed by atoms with Crippen LogP contribution in [0.1, 0.15) is 25.3 Å². The van der Waals surface area contributed by atoms with Crippen molar-refractivity contribution in [1.29, 1.82) is 0 Å². The van der Waals surface area contributed by atoms with Gasteiger partial charge < -0.3 is 5.73 Å². The van der Waals surface area contributed by atoms with E-state index in [-0.39, 0.29) is 0 Å². The molecule has 21 heavy (non-hydrogen) atoms.